The molecule has 6 nitrogen and oxygen atoms in total. The van der Waals surface area contributed by atoms with Gasteiger partial charge >= 0.3 is 5.97 Å². The number of thioether (sulfide) groups is 1. The van der Waals surface area contributed by atoms with Gasteiger partial charge in [-0.25, -0.2) is 4.98 Å². The molecule has 1 aliphatic rings. The van der Waals surface area contributed by atoms with Crippen molar-refractivity contribution in [1.82, 2.24) is 9.55 Å². The summed E-state index contributed by atoms with van der Waals surface area (Å²) < 4.78 is 6.62. The quantitative estimate of drug-likeness (QED) is 0.490. The number of nitrogens with zero attached hydrogens (tertiary/aromatic N) is 3. The highest BCUT2D eigenvalue weighted by Crippen LogP contribution is 2.33. The Morgan fingerprint density at radius 1 is 1.18 bits per heavy atom. The zero-order chi connectivity index (χ0) is 19.7. The molecule has 144 valence electrons. The third-order valence-corrected chi connectivity index (χ3v) is 5.89. The van der Waals surface area contributed by atoms with Crippen LogP contribution < -0.4 is 4.90 Å². The van der Waals surface area contributed by atoms with E-state index in [9.17, 15) is 9.59 Å². The normalized spacial score (nSPS) is 15.6. The number of carbonyl (C=O) groups excluding carboxylic acids is 2. The summed E-state index contributed by atoms with van der Waals surface area (Å²) in [5.41, 5.74) is 3.85. The van der Waals surface area contributed by atoms with Gasteiger partial charge in [0, 0.05) is 11.7 Å². The standard InChI is InChI=1S/C21H21N3O3S/c1-14-11-15-7-3-5-9-17(15)24(14)19(25)12-23-18-10-6-4-8-16(18)22-21(23)28-13-20(26)27-2/h3-10,14H,11-13H2,1-2H3/t14-/m1/s1. The number of rotatable bonds is 5. The molecular formula is C21H21N3O3S. The Labute approximate surface area is 167 Å². The van der Waals surface area contributed by atoms with E-state index in [0.29, 0.717) is 5.16 Å². The first kappa shape index (κ1) is 18.6. The average molecular weight is 395 g/mol. The number of anilines is 1. The monoisotopic (exact) mass is 395 g/mol. The van der Waals surface area contributed by atoms with Crippen LogP contribution >= 0.6 is 11.8 Å². The molecule has 3 aromatic rings. The van der Waals surface area contributed by atoms with E-state index in [1.807, 2.05) is 51.9 Å². The lowest BCUT2D eigenvalue weighted by Crippen LogP contribution is -2.38. The van der Waals surface area contributed by atoms with E-state index in [1.54, 1.807) is 0 Å². The lowest BCUT2D eigenvalue weighted by Gasteiger charge is -2.23. The van der Waals surface area contributed by atoms with Crippen LogP contribution in [0.15, 0.2) is 53.7 Å². The van der Waals surface area contributed by atoms with Crippen LogP contribution in [0.2, 0.25) is 0 Å². The summed E-state index contributed by atoms with van der Waals surface area (Å²) in [6, 6.07) is 15.8. The van der Waals surface area contributed by atoms with E-state index < -0.39 is 0 Å². The Hall–Kier alpha value is -2.80. The highest BCUT2D eigenvalue weighted by Gasteiger charge is 2.31. The Morgan fingerprint density at radius 2 is 1.93 bits per heavy atom. The minimum atomic E-state index is -0.322. The van der Waals surface area contributed by atoms with Gasteiger partial charge < -0.3 is 14.2 Å². The van der Waals surface area contributed by atoms with Gasteiger partial charge in [-0.05, 0) is 37.1 Å². The fourth-order valence-electron chi connectivity index (χ4n) is 3.66. The number of aromatic nitrogens is 2. The van der Waals surface area contributed by atoms with Crippen LogP contribution in [0.3, 0.4) is 0 Å². The van der Waals surface area contributed by atoms with Crippen LogP contribution in [0.4, 0.5) is 5.69 Å². The van der Waals surface area contributed by atoms with Crippen molar-refractivity contribution in [3.05, 3.63) is 54.1 Å². The molecular weight excluding hydrogens is 374 g/mol. The molecule has 0 aliphatic carbocycles. The number of hydrogen-bond donors (Lipinski definition) is 0. The van der Waals surface area contributed by atoms with Crippen molar-refractivity contribution >= 4 is 40.4 Å². The van der Waals surface area contributed by atoms with Gasteiger partial charge in [-0.3, -0.25) is 9.59 Å². The van der Waals surface area contributed by atoms with Crippen molar-refractivity contribution in [2.75, 3.05) is 17.8 Å². The lowest BCUT2D eigenvalue weighted by molar-refractivity contribution is -0.137. The second-order valence-corrected chi connectivity index (χ2v) is 7.72. The molecule has 0 bridgehead atoms. The molecule has 1 amide bonds. The van der Waals surface area contributed by atoms with Gasteiger partial charge in [-0.1, -0.05) is 42.1 Å². The SMILES string of the molecule is COC(=O)CSc1nc2ccccc2n1CC(=O)N1c2ccccc2C[C@H]1C. The molecule has 0 spiro atoms. The van der Waals surface area contributed by atoms with Gasteiger partial charge in [0.15, 0.2) is 5.16 Å². The Kier molecular flexibility index (Phi) is 5.09. The van der Waals surface area contributed by atoms with Gasteiger partial charge in [0.25, 0.3) is 0 Å². The van der Waals surface area contributed by atoms with Crippen LogP contribution in [0.1, 0.15) is 12.5 Å². The molecule has 1 aliphatic heterocycles. The second-order valence-electron chi connectivity index (χ2n) is 6.78. The predicted octanol–water partition coefficient (Wildman–Crippen LogP) is 3.28. The van der Waals surface area contributed by atoms with E-state index in [4.69, 9.17) is 4.74 Å². The maximum Gasteiger partial charge on any atom is 0.316 e. The molecule has 0 fully saturated rings. The van der Waals surface area contributed by atoms with E-state index in [1.165, 1.54) is 24.4 Å². The van der Waals surface area contributed by atoms with Crippen LogP contribution in [0, 0.1) is 0 Å². The van der Waals surface area contributed by atoms with Gasteiger partial charge in [-0.2, -0.15) is 0 Å². The summed E-state index contributed by atoms with van der Waals surface area (Å²) in [6.45, 7) is 2.24. The molecule has 1 atom stereocenters. The van der Waals surface area contributed by atoms with E-state index in [-0.39, 0.29) is 30.2 Å². The maximum absolute atomic E-state index is 13.3. The van der Waals surface area contributed by atoms with Crippen LogP contribution in [-0.4, -0.2) is 40.3 Å². The number of ether oxygens (including phenoxy) is 1. The third kappa shape index (κ3) is 3.38. The molecule has 1 aromatic heterocycles. The van der Waals surface area contributed by atoms with Gasteiger partial charge in [0.05, 0.1) is 23.9 Å². The fourth-order valence-corrected chi connectivity index (χ4v) is 4.50. The maximum atomic E-state index is 13.3. The van der Waals surface area contributed by atoms with Crippen molar-refractivity contribution in [2.24, 2.45) is 0 Å². The second kappa shape index (κ2) is 7.67. The number of fused-ring (bicyclic) bond motifs is 2. The number of benzene rings is 2. The van der Waals surface area contributed by atoms with Crippen LogP contribution in [0.25, 0.3) is 11.0 Å². The van der Waals surface area contributed by atoms with Gasteiger partial charge in [0.1, 0.15) is 6.54 Å². The summed E-state index contributed by atoms with van der Waals surface area (Å²) in [6.07, 6.45) is 0.858. The highest BCUT2D eigenvalue weighted by molar-refractivity contribution is 7.99. The predicted molar refractivity (Wildman–Crippen MR) is 110 cm³/mol. The Balaban J connectivity index is 1.65. The Bertz CT molecular complexity index is 1050. The summed E-state index contributed by atoms with van der Waals surface area (Å²) in [7, 11) is 1.36. The van der Waals surface area contributed by atoms with Crippen molar-refractivity contribution < 1.29 is 14.3 Å². The largest absolute Gasteiger partial charge is 0.468 e. The first-order valence-electron chi connectivity index (χ1n) is 9.13. The number of hydrogen-bond acceptors (Lipinski definition) is 5. The van der Waals surface area contributed by atoms with Crippen molar-refractivity contribution in [3.63, 3.8) is 0 Å². The minimum Gasteiger partial charge on any atom is -0.468 e. The molecule has 4 rings (SSSR count). The number of amides is 1. The van der Waals surface area contributed by atoms with Crippen molar-refractivity contribution in [2.45, 2.75) is 31.1 Å². The highest BCUT2D eigenvalue weighted by atomic mass is 32.2. The molecule has 0 saturated heterocycles. The molecule has 28 heavy (non-hydrogen) atoms. The lowest BCUT2D eigenvalue weighted by atomic mass is 10.1. The number of esters is 1. The van der Waals surface area contributed by atoms with Gasteiger partial charge in [0.2, 0.25) is 5.91 Å². The molecule has 0 saturated carbocycles. The topological polar surface area (TPSA) is 64.4 Å². The molecule has 7 heteroatoms. The summed E-state index contributed by atoms with van der Waals surface area (Å²) >= 11 is 1.28. The van der Waals surface area contributed by atoms with E-state index in [2.05, 4.69) is 18.0 Å². The zero-order valence-corrected chi connectivity index (χ0v) is 16.6. The molecule has 2 heterocycles. The minimum absolute atomic E-state index is 0.0144. The van der Waals surface area contributed by atoms with E-state index in [0.717, 1.165) is 23.1 Å². The first-order chi connectivity index (χ1) is 13.6. The van der Waals surface area contributed by atoms with Crippen molar-refractivity contribution in [3.8, 4) is 0 Å². The van der Waals surface area contributed by atoms with E-state index >= 15 is 0 Å². The number of para-hydroxylation sites is 3. The summed E-state index contributed by atoms with van der Waals surface area (Å²) in [5.74, 6) is -0.158. The Morgan fingerprint density at radius 3 is 2.75 bits per heavy atom. The average Bonchev–Trinajstić information content (AvgIpc) is 3.22. The van der Waals surface area contributed by atoms with Crippen LogP contribution in [0.5, 0.6) is 0 Å². The van der Waals surface area contributed by atoms with Gasteiger partial charge in [-0.15, -0.1) is 0 Å². The smallest absolute Gasteiger partial charge is 0.316 e. The first-order valence-corrected chi connectivity index (χ1v) is 10.1. The number of methoxy groups -OCH3 is 1. The van der Waals surface area contributed by atoms with Crippen LogP contribution in [-0.2, 0) is 27.3 Å². The summed E-state index contributed by atoms with van der Waals surface area (Å²) in [4.78, 5) is 31.3. The molecule has 0 radical (unpaired) electrons. The molecule has 0 unspecified atom stereocenters. The number of imidazole rings is 1. The number of carbonyl (C=O) groups is 2. The fraction of sp³-hybridized carbons (Fsp3) is 0.286. The summed E-state index contributed by atoms with van der Waals surface area (Å²) in [5, 5.41) is 0.639. The third-order valence-electron chi connectivity index (χ3n) is 4.94. The zero-order valence-electron chi connectivity index (χ0n) is 15.8. The molecule has 2 aromatic carbocycles. The molecule has 0 N–H and O–H groups in total. The van der Waals surface area contributed by atoms with Crippen molar-refractivity contribution in [1.29, 1.82) is 0 Å².